The molecule has 2 rings (SSSR count). The predicted molar refractivity (Wildman–Crippen MR) is 65.9 cm³/mol. The number of hydrogen-bond acceptors (Lipinski definition) is 5. The van der Waals surface area contributed by atoms with Crippen LogP contribution in [-0.4, -0.2) is 29.2 Å². The molecule has 5 nitrogen and oxygen atoms in total. The zero-order chi connectivity index (χ0) is 14.0. The zero-order valence-corrected chi connectivity index (χ0v) is 10.5. The third kappa shape index (κ3) is 2.50. The molecule has 0 aromatic heterocycles. The van der Waals surface area contributed by atoms with E-state index in [0.717, 1.165) is 5.56 Å². The molecule has 0 amide bonds. The molecule has 1 unspecified atom stereocenters. The number of benzene rings is 1. The summed E-state index contributed by atoms with van der Waals surface area (Å²) in [6.45, 7) is 1.70. The van der Waals surface area contributed by atoms with E-state index in [2.05, 4.69) is 4.74 Å². The molecular weight excluding hydrogens is 248 g/mol. The number of aromatic hydroxyl groups is 1. The molecule has 0 bridgehead atoms. The maximum Gasteiger partial charge on any atom is 0.375 e. The molecule has 5 heteroatoms. The number of rotatable bonds is 3. The molecule has 0 heterocycles. The highest BCUT2D eigenvalue weighted by Crippen LogP contribution is 2.29. The summed E-state index contributed by atoms with van der Waals surface area (Å²) >= 11 is 0. The highest BCUT2D eigenvalue weighted by atomic mass is 16.5. The summed E-state index contributed by atoms with van der Waals surface area (Å²) in [6, 6.07) is 4.50. The van der Waals surface area contributed by atoms with Crippen LogP contribution in [0.1, 0.15) is 29.3 Å². The Kier molecular flexibility index (Phi) is 3.64. The van der Waals surface area contributed by atoms with Crippen molar-refractivity contribution in [2.45, 2.75) is 19.8 Å². The minimum absolute atomic E-state index is 0.0312. The van der Waals surface area contributed by atoms with E-state index >= 15 is 0 Å². The number of carbonyl (C=O) groups excluding carboxylic acids is 3. The van der Waals surface area contributed by atoms with E-state index in [4.69, 9.17) is 0 Å². The molecule has 1 atom stereocenters. The van der Waals surface area contributed by atoms with Gasteiger partial charge in [0.25, 0.3) is 5.78 Å². The van der Waals surface area contributed by atoms with Gasteiger partial charge in [-0.05, 0) is 37.5 Å². The Bertz CT molecular complexity index is 547. The second-order valence-corrected chi connectivity index (χ2v) is 4.38. The van der Waals surface area contributed by atoms with Crippen molar-refractivity contribution in [3.8, 4) is 5.75 Å². The third-order valence-corrected chi connectivity index (χ3v) is 3.17. The van der Waals surface area contributed by atoms with Gasteiger partial charge in [0.1, 0.15) is 5.75 Å². The lowest BCUT2D eigenvalue weighted by molar-refractivity contribution is -0.154. The van der Waals surface area contributed by atoms with Crippen LogP contribution in [0.15, 0.2) is 18.2 Å². The molecule has 0 aliphatic heterocycles. The van der Waals surface area contributed by atoms with Crippen molar-refractivity contribution in [2.24, 2.45) is 5.92 Å². The first kappa shape index (κ1) is 13.3. The first-order valence-electron chi connectivity index (χ1n) is 6.11. The summed E-state index contributed by atoms with van der Waals surface area (Å²) in [5.41, 5.74) is 1.10. The van der Waals surface area contributed by atoms with Crippen LogP contribution in [0.5, 0.6) is 5.75 Å². The Morgan fingerprint density at radius 1 is 1.42 bits per heavy atom. The molecule has 0 radical (unpaired) electrons. The normalized spacial score (nSPS) is 17.7. The Hall–Kier alpha value is -2.17. The van der Waals surface area contributed by atoms with Crippen LogP contribution in [-0.2, 0) is 20.7 Å². The molecule has 0 saturated heterocycles. The number of phenols is 1. The lowest BCUT2D eigenvalue weighted by Gasteiger charge is -2.21. The molecular formula is C14H14O5. The summed E-state index contributed by atoms with van der Waals surface area (Å²) in [7, 11) is 0. The van der Waals surface area contributed by atoms with Crippen LogP contribution < -0.4 is 0 Å². The summed E-state index contributed by atoms with van der Waals surface area (Å²) in [5.74, 6) is -3.22. The van der Waals surface area contributed by atoms with Gasteiger partial charge in [-0.3, -0.25) is 9.59 Å². The first-order chi connectivity index (χ1) is 9.04. The molecule has 1 aliphatic carbocycles. The van der Waals surface area contributed by atoms with Gasteiger partial charge in [0.15, 0.2) is 5.78 Å². The average Bonchev–Trinajstić information content (AvgIpc) is 2.39. The largest absolute Gasteiger partial charge is 0.508 e. The van der Waals surface area contributed by atoms with Gasteiger partial charge in [0.2, 0.25) is 0 Å². The van der Waals surface area contributed by atoms with Gasteiger partial charge in [0, 0.05) is 5.56 Å². The fourth-order valence-electron chi connectivity index (χ4n) is 2.23. The van der Waals surface area contributed by atoms with Crippen molar-refractivity contribution in [3.05, 3.63) is 29.3 Å². The Labute approximate surface area is 110 Å². The second-order valence-electron chi connectivity index (χ2n) is 4.38. The molecule has 19 heavy (non-hydrogen) atoms. The van der Waals surface area contributed by atoms with E-state index in [1.165, 1.54) is 12.1 Å². The van der Waals surface area contributed by atoms with Crippen molar-refractivity contribution >= 4 is 17.5 Å². The minimum atomic E-state index is -0.992. The van der Waals surface area contributed by atoms with E-state index in [9.17, 15) is 19.5 Å². The monoisotopic (exact) mass is 262 g/mol. The summed E-state index contributed by atoms with van der Waals surface area (Å²) in [5, 5.41) is 9.40. The fourth-order valence-corrected chi connectivity index (χ4v) is 2.23. The second kappa shape index (κ2) is 5.22. The minimum Gasteiger partial charge on any atom is -0.508 e. The third-order valence-electron chi connectivity index (χ3n) is 3.17. The number of hydrogen-bond donors (Lipinski definition) is 1. The zero-order valence-electron chi connectivity index (χ0n) is 10.5. The molecule has 1 N–H and O–H groups in total. The predicted octanol–water partition coefficient (Wildman–Crippen LogP) is 1.27. The number of carbonyl (C=O) groups is 3. The molecule has 0 spiro atoms. The van der Waals surface area contributed by atoms with E-state index in [-0.39, 0.29) is 12.4 Å². The smallest absolute Gasteiger partial charge is 0.375 e. The van der Waals surface area contributed by atoms with Crippen molar-refractivity contribution in [3.63, 3.8) is 0 Å². The number of ether oxygens (including phenoxy) is 1. The number of Topliss-reactive ketones (excluding diaryl/α,β-unsaturated/α-hetero) is 2. The highest BCUT2D eigenvalue weighted by molar-refractivity contribution is 6.39. The number of phenolic OH excluding ortho intramolecular Hbond substituents is 1. The standard InChI is InChI=1S/C14H14O5/c1-2-19-14(18)13(17)10-6-4-8-3-5-9(15)7-11(8)12(10)16/h3,5,7,10,15H,2,4,6H2,1H3. The number of esters is 1. The lowest BCUT2D eigenvalue weighted by atomic mass is 9.80. The number of ketones is 2. The molecule has 0 fully saturated rings. The fraction of sp³-hybridized carbons (Fsp3) is 0.357. The van der Waals surface area contributed by atoms with Gasteiger partial charge >= 0.3 is 5.97 Å². The van der Waals surface area contributed by atoms with E-state index in [1.54, 1.807) is 13.0 Å². The topological polar surface area (TPSA) is 80.7 Å². The number of fused-ring (bicyclic) bond motifs is 1. The van der Waals surface area contributed by atoms with Gasteiger partial charge in [0.05, 0.1) is 12.5 Å². The maximum atomic E-state index is 12.2. The maximum absolute atomic E-state index is 12.2. The van der Waals surface area contributed by atoms with E-state index < -0.39 is 23.5 Å². The van der Waals surface area contributed by atoms with Gasteiger partial charge < -0.3 is 9.84 Å². The van der Waals surface area contributed by atoms with Crippen molar-refractivity contribution < 1.29 is 24.2 Å². The van der Waals surface area contributed by atoms with Crippen LogP contribution in [0.25, 0.3) is 0 Å². The van der Waals surface area contributed by atoms with Gasteiger partial charge in [-0.1, -0.05) is 6.07 Å². The van der Waals surface area contributed by atoms with Crippen LogP contribution >= 0.6 is 0 Å². The van der Waals surface area contributed by atoms with E-state index in [1.807, 2.05) is 0 Å². The average molecular weight is 262 g/mol. The Morgan fingerprint density at radius 2 is 2.16 bits per heavy atom. The van der Waals surface area contributed by atoms with Crippen LogP contribution in [0.2, 0.25) is 0 Å². The van der Waals surface area contributed by atoms with Gasteiger partial charge in [-0.15, -0.1) is 0 Å². The molecule has 0 saturated carbocycles. The van der Waals surface area contributed by atoms with Crippen molar-refractivity contribution in [2.75, 3.05) is 6.61 Å². The first-order valence-corrected chi connectivity index (χ1v) is 6.11. The van der Waals surface area contributed by atoms with Gasteiger partial charge in [-0.25, -0.2) is 4.79 Å². The SMILES string of the molecule is CCOC(=O)C(=O)C1CCc2ccc(O)cc2C1=O. The highest BCUT2D eigenvalue weighted by Gasteiger charge is 2.36. The lowest BCUT2D eigenvalue weighted by Crippen LogP contribution is -2.35. The van der Waals surface area contributed by atoms with Crippen LogP contribution in [0.3, 0.4) is 0 Å². The van der Waals surface area contributed by atoms with Crippen molar-refractivity contribution in [1.29, 1.82) is 0 Å². The Morgan fingerprint density at radius 3 is 2.84 bits per heavy atom. The quantitative estimate of drug-likeness (QED) is 0.504. The molecule has 100 valence electrons. The summed E-state index contributed by atoms with van der Waals surface area (Å²) in [6.07, 6.45) is 0.825. The Balaban J connectivity index is 2.26. The molecule has 1 aromatic rings. The van der Waals surface area contributed by atoms with E-state index in [0.29, 0.717) is 18.4 Å². The number of aryl methyl sites for hydroxylation is 1. The van der Waals surface area contributed by atoms with Gasteiger partial charge in [-0.2, -0.15) is 0 Å². The summed E-state index contributed by atoms with van der Waals surface area (Å²) in [4.78, 5) is 35.4. The molecule has 1 aromatic carbocycles. The van der Waals surface area contributed by atoms with Crippen LogP contribution in [0.4, 0.5) is 0 Å². The molecule has 1 aliphatic rings. The van der Waals surface area contributed by atoms with Crippen molar-refractivity contribution in [1.82, 2.24) is 0 Å². The van der Waals surface area contributed by atoms with Crippen LogP contribution in [0, 0.1) is 5.92 Å². The summed E-state index contributed by atoms with van der Waals surface area (Å²) < 4.78 is 4.63.